The van der Waals surface area contributed by atoms with Crippen LogP contribution in [0.3, 0.4) is 0 Å². The molecule has 0 atom stereocenters. The Balaban J connectivity index is 2.43. The van der Waals surface area contributed by atoms with Gasteiger partial charge < -0.3 is 15.8 Å². The summed E-state index contributed by atoms with van der Waals surface area (Å²) in [5.41, 5.74) is 6.14. The zero-order chi connectivity index (χ0) is 11.8. The van der Waals surface area contributed by atoms with Crippen LogP contribution < -0.4 is 15.8 Å². The van der Waals surface area contributed by atoms with Gasteiger partial charge in [0.25, 0.3) is 0 Å². The number of para-hydroxylation sites is 1. The number of carbonyl (C=O) groups is 1. The van der Waals surface area contributed by atoms with Crippen LogP contribution in [-0.2, 0) is 11.3 Å². The SMILES string of the molecule is CCOc1ccccc1CNCCC(N)=O. The molecule has 0 aliphatic carbocycles. The van der Waals surface area contributed by atoms with E-state index in [2.05, 4.69) is 5.32 Å². The van der Waals surface area contributed by atoms with Crippen LogP contribution in [0.5, 0.6) is 5.75 Å². The van der Waals surface area contributed by atoms with Gasteiger partial charge in [-0.05, 0) is 13.0 Å². The third-order valence-electron chi connectivity index (χ3n) is 2.14. The number of amides is 1. The van der Waals surface area contributed by atoms with Crippen LogP contribution in [0.4, 0.5) is 0 Å². The maximum absolute atomic E-state index is 10.5. The molecule has 0 spiro atoms. The lowest BCUT2D eigenvalue weighted by Crippen LogP contribution is -2.21. The molecule has 1 aromatic rings. The van der Waals surface area contributed by atoms with Gasteiger partial charge in [-0.1, -0.05) is 18.2 Å². The van der Waals surface area contributed by atoms with Crippen molar-refractivity contribution < 1.29 is 9.53 Å². The number of nitrogens with two attached hydrogens (primary N) is 1. The van der Waals surface area contributed by atoms with Crippen molar-refractivity contribution in [1.82, 2.24) is 5.32 Å². The van der Waals surface area contributed by atoms with Crippen molar-refractivity contribution in [2.24, 2.45) is 5.73 Å². The maximum Gasteiger partial charge on any atom is 0.218 e. The number of carbonyl (C=O) groups excluding carboxylic acids is 1. The van der Waals surface area contributed by atoms with Crippen molar-refractivity contribution in [2.75, 3.05) is 13.2 Å². The lowest BCUT2D eigenvalue weighted by atomic mass is 10.2. The monoisotopic (exact) mass is 222 g/mol. The molecule has 0 bridgehead atoms. The summed E-state index contributed by atoms with van der Waals surface area (Å²) >= 11 is 0. The van der Waals surface area contributed by atoms with Gasteiger partial charge in [0.1, 0.15) is 5.75 Å². The minimum Gasteiger partial charge on any atom is -0.494 e. The van der Waals surface area contributed by atoms with Crippen LogP contribution in [0, 0.1) is 0 Å². The van der Waals surface area contributed by atoms with Crippen molar-refractivity contribution in [3.8, 4) is 5.75 Å². The summed E-state index contributed by atoms with van der Waals surface area (Å²) in [5, 5.41) is 3.15. The van der Waals surface area contributed by atoms with Crippen molar-refractivity contribution in [3.63, 3.8) is 0 Å². The van der Waals surface area contributed by atoms with Gasteiger partial charge >= 0.3 is 0 Å². The van der Waals surface area contributed by atoms with Crippen LogP contribution in [-0.4, -0.2) is 19.1 Å². The van der Waals surface area contributed by atoms with E-state index in [1.165, 1.54) is 0 Å². The zero-order valence-electron chi connectivity index (χ0n) is 9.53. The predicted octanol–water partition coefficient (Wildman–Crippen LogP) is 1.05. The molecular weight excluding hydrogens is 204 g/mol. The zero-order valence-corrected chi connectivity index (χ0v) is 9.53. The molecule has 0 radical (unpaired) electrons. The molecule has 0 aromatic heterocycles. The smallest absolute Gasteiger partial charge is 0.218 e. The van der Waals surface area contributed by atoms with Gasteiger partial charge in [0.05, 0.1) is 6.61 Å². The molecule has 0 fully saturated rings. The average molecular weight is 222 g/mol. The van der Waals surface area contributed by atoms with Crippen molar-refractivity contribution in [3.05, 3.63) is 29.8 Å². The molecular formula is C12H18N2O2. The Morgan fingerprint density at radius 1 is 1.44 bits per heavy atom. The summed E-state index contributed by atoms with van der Waals surface area (Å²) < 4.78 is 5.48. The van der Waals surface area contributed by atoms with Gasteiger partial charge in [-0.2, -0.15) is 0 Å². The quantitative estimate of drug-likeness (QED) is 0.678. The second kappa shape index (κ2) is 6.85. The molecule has 0 aliphatic rings. The summed E-state index contributed by atoms with van der Waals surface area (Å²) in [6.45, 7) is 3.88. The number of ether oxygens (including phenoxy) is 1. The van der Waals surface area contributed by atoms with E-state index < -0.39 is 0 Å². The average Bonchev–Trinajstić information content (AvgIpc) is 2.26. The first-order chi connectivity index (χ1) is 7.74. The van der Waals surface area contributed by atoms with E-state index in [9.17, 15) is 4.79 Å². The van der Waals surface area contributed by atoms with E-state index in [1.807, 2.05) is 31.2 Å². The third kappa shape index (κ3) is 4.31. The molecule has 4 heteroatoms. The third-order valence-corrected chi connectivity index (χ3v) is 2.14. The highest BCUT2D eigenvalue weighted by Gasteiger charge is 2.01. The number of hydrogen-bond donors (Lipinski definition) is 2. The topological polar surface area (TPSA) is 64.3 Å². The van der Waals surface area contributed by atoms with E-state index in [-0.39, 0.29) is 5.91 Å². The molecule has 88 valence electrons. The van der Waals surface area contributed by atoms with Gasteiger partial charge in [0, 0.05) is 25.1 Å². The van der Waals surface area contributed by atoms with Crippen LogP contribution in [0.15, 0.2) is 24.3 Å². The Bertz CT molecular complexity index is 340. The van der Waals surface area contributed by atoms with Gasteiger partial charge in [0.15, 0.2) is 0 Å². The van der Waals surface area contributed by atoms with Crippen molar-refractivity contribution >= 4 is 5.91 Å². The van der Waals surface area contributed by atoms with Gasteiger partial charge in [-0.25, -0.2) is 0 Å². The Morgan fingerprint density at radius 2 is 2.19 bits per heavy atom. The summed E-state index contributed by atoms with van der Waals surface area (Å²) in [4.78, 5) is 10.5. The Morgan fingerprint density at radius 3 is 2.88 bits per heavy atom. The summed E-state index contributed by atoms with van der Waals surface area (Å²) in [7, 11) is 0. The van der Waals surface area contributed by atoms with E-state index in [0.29, 0.717) is 26.1 Å². The Kier molecular flexibility index (Phi) is 5.36. The van der Waals surface area contributed by atoms with Crippen LogP contribution >= 0.6 is 0 Å². The molecule has 0 saturated heterocycles. The second-order valence-electron chi connectivity index (χ2n) is 3.43. The lowest BCUT2D eigenvalue weighted by Gasteiger charge is -2.10. The molecule has 0 heterocycles. The molecule has 1 aromatic carbocycles. The fourth-order valence-electron chi connectivity index (χ4n) is 1.38. The second-order valence-corrected chi connectivity index (χ2v) is 3.43. The Hall–Kier alpha value is -1.55. The van der Waals surface area contributed by atoms with E-state index in [4.69, 9.17) is 10.5 Å². The van der Waals surface area contributed by atoms with Gasteiger partial charge in [-0.15, -0.1) is 0 Å². The molecule has 3 N–H and O–H groups in total. The van der Waals surface area contributed by atoms with Crippen molar-refractivity contribution in [1.29, 1.82) is 0 Å². The maximum atomic E-state index is 10.5. The highest BCUT2D eigenvalue weighted by atomic mass is 16.5. The molecule has 16 heavy (non-hydrogen) atoms. The fraction of sp³-hybridized carbons (Fsp3) is 0.417. The lowest BCUT2D eigenvalue weighted by molar-refractivity contribution is -0.117. The summed E-state index contributed by atoms with van der Waals surface area (Å²) in [5.74, 6) is 0.599. The van der Waals surface area contributed by atoms with Crippen LogP contribution in [0.1, 0.15) is 18.9 Å². The van der Waals surface area contributed by atoms with E-state index >= 15 is 0 Å². The summed E-state index contributed by atoms with van der Waals surface area (Å²) in [6.07, 6.45) is 0.358. The van der Waals surface area contributed by atoms with Crippen molar-refractivity contribution in [2.45, 2.75) is 19.9 Å². The highest BCUT2D eigenvalue weighted by Crippen LogP contribution is 2.17. The highest BCUT2D eigenvalue weighted by molar-refractivity contribution is 5.73. The van der Waals surface area contributed by atoms with Crippen LogP contribution in [0.2, 0.25) is 0 Å². The number of nitrogens with one attached hydrogen (secondary N) is 1. The normalized spacial score (nSPS) is 10.1. The molecule has 0 saturated carbocycles. The molecule has 4 nitrogen and oxygen atoms in total. The van der Waals surface area contributed by atoms with E-state index in [1.54, 1.807) is 0 Å². The van der Waals surface area contributed by atoms with Gasteiger partial charge in [0.2, 0.25) is 5.91 Å². The van der Waals surface area contributed by atoms with Gasteiger partial charge in [-0.3, -0.25) is 4.79 Å². The first-order valence-electron chi connectivity index (χ1n) is 5.43. The molecule has 1 amide bonds. The Labute approximate surface area is 95.8 Å². The number of hydrogen-bond acceptors (Lipinski definition) is 3. The minimum absolute atomic E-state index is 0.286. The summed E-state index contributed by atoms with van der Waals surface area (Å²) in [6, 6.07) is 7.85. The fourth-order valence-corrected chi connectivity index (χ4v) is 1.38. The molecule has 0 unspecified atom stereocenters. The number of rotatable bonds is 7. The van der Waals surface area contributed by atoms with E-state index in [0.717, 1.165) is 11.3 Å². The minimum atomic E-state index is -0.286. The molecule has 0 aliphatic heterocycles. The first-order valence-corrected chi connectivity index (χ1v) is 5.43. The predicted molar refractivity (Wildman–Crippen MR) is 63.1 cm³/mol. The standard InChI is InChI=1S/C12H18N2O2/c1-2-16-11-6-4-3-5-10(11)9-14-8-7-12(13)15/h3-6,14H,2,7-9H2,1H3,(H2,13,15). The molecule has 1 rings (SSSR count). The number of benzene rings is 1. The largest absolute Gasteiger partial charge is 0.494 e. The first kappa shape index (κ1) is 12.5. The van der Waals surface area contributed by atoms with Crippen LogP contribution in [0.25, 0.3) is 0 Å². The number of primary amides is 1.